The van der Waals surface area contributed by atoms with Crippen molar-refractivity contribution in [1.82, 2.24) is 0 Å². The van der Waals surface area contributed by atoms with Crippen LogP contribution < -0.4 is 0 Å². The monoisotopic (exact) mass is 1720 g/mol. The van der Waals surface area contributed by atoms with Crippen LogP contribution in [0.1, 0.15) is 130 Å². The highest BCUT2D eigenvalue weighted by molar-refractivity contribution is 6.28. The Labute approximate surface area is 785 Å². The van der Waals surface area contributed by atoms with E-state index in [4.69, 9.17) is 4.42 Å². The smallest absolute Gasteiger partial charge is 0.135 e. The third-order valence-electron chi connectivity index (χ3n) is 31.9. The van der Waals surface area contributed by atoms with Gasteiger partial charge in [-0.25, -0.2) is 0 Å². The van der Waals surface area contributed by atoms with Crippen LogP contribution in [0.5, 0.6) is 0 Å². The van der Waals surface area contributed by atoms with Gasteiger partial charge in [-0.2, -0.15) is 0 Å². The molecule has 0 saturated carbocycles. The second-order valence-corrected chi connectivity index (χ2v) is 43.0. The first-order chi connectivity index (χ1) is 64.8. The van der Waals surface area contributed by atoms with Gasteiger partial charge in [0.15, 0.2) is 0 Å². The van der Waals surface area contributed by atoms with E-state index in [9.17, 15) is 0 Å². The van der Waals surface area contributed by atoms with E-state index in [2.05, 4.69) is 479 Å². The SMILES string of the molecule is CC(C)(C)C1(C(C)(C)C)c2cc(-c3ccc(-c4c5ccccc5c(-c5ccc6oc7ccccc7c6c5)c5ccccc45)cc3)c3ccccc3c2-c2c1c1ccccc1c1ccccc21.CC1(C)c2ccccc2-c2ccc(-c3c4ccccc4c(-c4cccc(-c5cc6c(c7ccccc57)-c5c(c7ccccc7c7ccccc57)C6(C(C)(C)C)C(C)(C)C)c4)c4ccccc34)cc21. The van der Waals surface area contributed by atoms with Gasteiger partial charge in [-0.1, -0.05) is 443 Å². The molecular formula is C133H106O. The van der Waals surface area contributed by atoms with Crippen LogP contribution in [0.2, 0.25) is 0 Å². The highest BCUT2D eigenvalue weighted by atomic mass is 16.3. The van der Waals surface area contributed by atoms with E-state index in [0.717, 1.165) is 21.9 Å². The zero-order valence-electron chi connectivity index (χ0n) is 78.9. The van der Waals surface area contributed by atoms with Gasteiger partial charge >= 0.3 is 0 Å². The zero-order chi connectivity index (χ0) is 91.2. The fourth-order valence-electron chi connectivity index (χ4n) is 27.5. The summed E-state index contributed by atoms with van der Waals surface area (Å²) in [6, 6.07) is 147. The van der Waals surface area contributed by atoms with E-state index < -0.39 is 0 Å². The summed E-state index contributed by atoms with van der Waals surface area (Å²) in [6.45, 7) is 34.5. The predicted octanol–water partition coefficient (Wildman–Crippen LogP) is 37.8. The molecule has 1 heteroatoms. The Morgan fingerprint density at radius 3 is 0.873 bits per heavy atom. The molecule has 644 valence electrons. The number of rotatable bonds is 6. The number of furan rings is 1. The molecule has 134 heavy (non-hydrogen) atoms. The second-order valence-electron chi connectivity index (χ2n) is 43.0. The topological polar surface area (TPSA) is 13.1 Å². The highest BCUT2D eigenvalue weighted by Gasteiger charge is 2.61. The van der Waals surface area contributed by atoms with E-state index in [0.29, 0.717) is 0 Å². The lowest BCUT2D eigenvalue weighted by atomic mass is 9.49. The summed E-state index contributed by atoms with van der Waals surface area (Å²) < 4.78 is 6.27. The van der Waals surface area contributed by atoms with E-state index in [1.807, 2.05) is 6.07 Å². The Morgan fingerprint density at radius 1 is 0.164 bits per heavy atom. The molecule has 22 aromatic carbocycles. The number of benzene rings is 22. The summed E-state index contributed by atoms with van der Waals surface area (Å²) in [5.41, 5.74) is 32.5. The number of hydrogen-bond acceptors (Lipinski definition) is 1. The van der Waals surface area contributed by atoms with Crippen molar-refractivity contribution >= 4 is 130 Å². The lowest BCUT2D eigenvalue weighted by Gasteiger charge is -2.53. The van der Waals surface area contributed by atoms with Crippen LogP contribution in [0.25, 0.3) is 230 Å². The standard InChI is InChI=1S/C68H56.C65H50O/c1-65(2,3)68(66(4,5)6)59-40-56(46-26-10-12-28-49(46)62(59)63-50-29-13-9-24-44(50)45-25-11-18-34-55(45)64(63)68)41-22-21-23-42(38-41)60-51-30-14-16-32-53(51)61(54-33-17-15-31-52(54)60)43-36-37-48-47-27-19-20-35-57(47)67(7,8)58(48)39-43;1-63(2,3)65(64(4,5)6)55-38-53(44-21-8-10-23-46(44)60(55)61-47-24-11-7-19-42(47)43-20-9-16-29-52(43)62(61)65)39-31-33-40(34-32-39)58-48-25-12-14-27-50(48)59(51-28-15-13-26-49(51)58)41-35-36-57-54(37-41)45-22-17-18-30-56(45)66-57/h9-40H,1-8H3;7-38H,1-6H3. The molecule has 1 heterocycles. The minimum atomic E-state index is -0.331. The molecule has 1 nitrogen and oxygen atoms in total. The van der Waals surface area contributed by atoms with Crippen molar-refractivity contribution in [3.05, 3.63) is 422 Å². The Hall–Kier alpha value is -14.8. The zero-order valence-corrected chi connectivity index (χ0v) is 78.9. The van der Waals surface area contributed by atoms with Crippen molar-refractivity contribution in [2.24, 2.45) is 21.7 Å². The van der Waals surface area contributed by atoms with Crippen molar-refractivity contribution in [2.75, 3.05) is 0 Å². The Morgan fingerprint density at radius 2 is 0.448 bits per heavy atom. The van der Waals surface area contributed by atoms with Crippen molar-refractivity contribution in [2.45, 2.75) is 113 Å². The van der Waals surface area contributed by atoms with Gasteiger partial charge in [-0.15, -0.1) is 0 Å². The molecule has 23 aromatic rings. The average molecular weight is 1720 g/mol. The van der Waals surface area contributed by atoms with Crippen molar-refractivity contribution < 1.29 is 4.42 Å². The minimum Gasteiger partial charge on any atom is -0.456 e. The molecule has 3 aliphatic rings. The third kappa shape index (κ3) is 11.3. The molecule has 1 aromatic heterocycles. The van der Waals surface area contributed by atoms with E-state index >= 15 is 0 Å². The van der Waals surface area contributed by atoms with Crippen LogP contribution >= 0.6 is 0 Å². The molecule has 0 bridgehead atoms. The molecule has 0 aliphatic heterocycles. The van der Waals surface area contributed by atoms with Crippen LogP contribution in [0, 0.1) is 21.7 Å². The molecule has 0 N–H and O–H groups in total. The van der Waals surface area contributed by atoms with Gasteiger partial charge in [0.05, 0.1) is 0 Å². The maximum Gasteiger partial charge on any atom is 0.135 e. The van der Waals surface area contributed by atoms with Gasteiger partial charge in [-0.05, 0) is 305 Å². The molecule has 0 spiro atoms. The molecule has 0 saturated heterocycles. The summed E-state index contributed by atoms with van der Waals surface area (Å²) in [6.07, 6.45) is 0. The summed E-state index contributed by atoms with van der Waals surface area (Å²) >= 11 is 0. The minimum absolute atomic E-state index is 0.0839. The Bertz CT molecular complexity index is 8850. The van der Waals surface area contributed by atoms with Crippen LogP contribution in [0.3, 0.4) is 0 Å². The van der Waals surface area contributed by atoms with Crippen molar-refractivity contribution in [3.63, 3.8) is 0 Å². The quantitative estimate of drug-likeness (QED) is 0.119. The molecule has 0 atom stereocenters. The second kappa shape index (κ2) is 29.1. The number of fused-ring (bicyclic) bond motifs is 30. The molecule has 0 amide bonds. The molecule has 0 fully saturated rings. The maximum atomic E-state index is 6.27. The van der Waals surface area contributed by atoms with Crippen molar-refractivity contribution in [1.29, 1.82) is 0 Å². The maximum absolute atomic E-state index is 6.27. The molecular weight excluding hydrogens is 1610 g/mol. The molecule has 0 radical (unpaired) electrons. The first kappa shape index (κ1) is 81.2. The molecule has 0 unspecified atom stereocenters. The highest BCUT2D eigenvalue weighted by Crippen LogP contribution is 2.72. The number of para-hydroxylation sites is 1. The Balaban J connectivity index is 0.000000143. The first-order valence-corrected chi connectivity index (χ1v) is 48.1. The lowest BCUT2D eigenvalue weighted by Crippen LogP contribution is -2.50. The number of hydrogen-bond donors (Lipinski definition) is 0. The van der Waals surface area contributed by atoms with Crippen LogP contribution in [-0.2, 0) is 16.2 Å². The fourth-order valence-corrected chi connectivity index (χ4v) is 27.5. The largest absolute Gasteiger partial charge is 0.456 e. The van der Waals surface area contributed by atoms with E-state index in [1.165, 1.54) is 241 Å². The summed E-state index contributed by atoms with van der Waals surface area (Å²) in [5.74, 6) is 0. The van der Waals surface area contributed by atoms with Gasteiger partial charge in [-0.3, -0.25) is 0 Å². The summed E-state index contributed by atoms with van der Waals surface area (Å²) in [4.78, 5) is 0. The summed E-state index contributed by atoms with van der Waals surface area (Å²) in [5, 5.41) is 28.3. The predicted molar refractivity (Wildman–Crippen MR) is 576 cm³/mol. The third-order valence-corrected chi connectivity index (χ3v) is 31.9. The summed E-state index contributed by atoms with van der Waals surface area (Å²) in [7, 11) is 0. The lowest BCUT2D eigenvalue weighted by molar-refractivity contribution is 0.0962. The van der Waals surface area contributed by atoms with Gasteiger partial charge in [0.1, 0.15) is 11.2 Å². The average Bonchev–Trinajstić information content (AvgIpc) is 1.50. The van der Waals surface area contributed by atoms with Gasteiger partial charge in [0.25, 0.3) is 0 Å². The van der Waals surface area contributed by atoms with Crippen LogP contribution in [-0.4, -0.2) is 0 Å². The first-order valence-electron chi connectivity index (χ1n) is 48.1. The van der Waals surface area contributed by atoms with Crippen LogP contribution in [0.15, 0.2) is 393 Å². The normalized spacial score (nSPS) is 14.2. The molecule has 3 aliphatic carbocycles. The molecule has 26 rings (SSSR count). The van der Waals surface area contributed by atoms with Gasteiger partial charge in [0.2, 0.25) is 0 Å². The van der Waals surface area contributed by atoms with Crippen molar-refractivity contribution in [3.8, 4) is 100 Å². The van der Waals surface area contributed by atoms with Crippen LogP contribution in [0.4, 0.5) is 0 Å². The van der Waals surface area contributed by atoms with E-state index in [-0.39, 0.29) is 37.9 Å². The van der Waals surface area contributed by atoms with Gasteiger partial charge in [0, 0.05) is 27.0 Å². The van der Waals surface area contributed by atoms with E-state index in [1.54, 1.807) is 0 Å². The van der Waals surface area contributed by atoms with Gasteiger partial charge < -0.3 is 4.42 Å². The fraction of sp³-hybridized carbons (Fsp3) is 0.158. The Kier molecular flexibility index (Phi) is 17.7.